The van der Waals surface area contributed by atoms with E-state index in [1.807, 2.05) is 32.0 Å². The Balaban J connectivity index is 2.20. The van der Waals surface area contributed by atoms with Crippen LogP contribution >= 0.6 is 0 Å². The molecule has 0 unspecified atom stereocenters. The maximum absolute atomic E-state index is 8.67. The molecule has 0 saturated carbocycles. The molecule has 0 heterocycles. The SMILES string of the molecule is CC(C)(CCCNCc1ccccc1)C(N)=NO. The monoisotopic (exact) mass is 249 g/mol. The molecule has 0 amide bonds. The van der Waals surface area contributed by atoms with Gasteiger partial charge in [0.25, 0.3) is 0 Å². The number of oxime groups is 1. The lowest BCUT2D eigenvalue weighted by molar-refractivity contribution is 0.304. The first-order chi connectivity index (χ1) is 8.56. The van der Waals surface area contributed by atoms with Gasteiger partial charge in [0, 0.05) is 12.0 Å². The normalized spacial score (nSPS) is 12.7. The summed E-state index contributed by atoms with van der Waals surface area (Å²) in [5.74, 6) is 0.297. The average Bonchev–Trinajstić information content (AvgIpc) is 2.38. The molecular weight excluding hydrogens is 226 g/mol. The number of amidine groups is 1. The topological polar surface area (TPSA) is 70.6 Å². The van der Waals surface area contributed by atoms with E-state index in [9.17, 15) is 0 Å². The number of benzene rings is 1. The van der Waals surface area contributed by atoms with Crippen molar-refractivity contribution in [3.05, 3.63) is 35.9 Å². The van der Waals surface area contributed by atoms with Gasteiger partial charge in [-0.25, -0.2) is 0 Å². The van der Waals surface area contributed by atoms with Gasteiger partial charge in [-0.1, -0.05) is 49.3 Å². The standard InChI is InChI=1S/C14H23N3O/c1-14(2,13(15)17-18)9-6-10-16-11-12-7-4-3-5-8-12/h3-5,7-8,16,18H,6,9-11H2,1-2H3,(H2,15,17). The first kappa shape index (κ1) is 14.5. The molecule has 0 saturated heterocycles. The first-order valence-corrected chi connectivity index (χ1v) is 6.29. The molecule has 1 rings (SSSR count). The zero-order valence-corrected chi connectivity index (χ0v) is 11.2. The van der Waals surface area contributed by atoms with Gasteiger partial charge >= 0.3 is 0 Å². The maximum Gasteiger partial charge on any atom is 0.144 e. The van der Waals surface area contributed by atoms with Crippen molar-refractivity contribution in [2.24, 2.45) is 16.3 Å². The summed E-state index contributed by atoms with van der Waals surface area (Å²) in [6.45, 7) is 5.78. The van der Waals surface area contributed by atoms with E-state index >= 15 is 0 Å². The van der Waals surface area contributed by atoms with E-state index in [2.05, 4.69) is 22.6 Å². The quantitative estimate of drug-likeness (QED) is 0.228. The summed E-state index contributed by atoms with van der Waals surface area (Å²) in [4.78, 5) is 0. The van der Waals surface area contributed by atoms with Crippen molar-refractivity contribution < 1.29 is 5.21 Å². The predicted molar refractivity (Wildman–Crippen MR) is 74.6 cm³/mol. The molecule has 0 aliphatic carbocycles. The Morgan fingerprint density at radius 2 is 2.00 bits per heavy atom. The Hall–Kier alpha value is -1.55. The van der Waals surface area contributed by atoms with E-state index in [0.29, 0.717) is 5.84 Å². The highest BCUT2D eigenvalue weighted by Crippen LogP contribution is 2.21. The van der Waals surface area contributed by atoms with Crippen LogP contribution in [0.4, 0.5) is 0 Å². The molecular formula is C14H23N3O. The van der Waals surface area contributed by atoms with Crippen LogP contribution in [0.25, 0.3) is 0 Å². The summed E-state index contributed by atoms with van der Waals surface area (Å²) in [5, 5.41) is 15.1. The molecule has 100 valence electrons. The number of nitrogens with two attached hydrogens (primary N) is 1. The van der Waals surface area contributed by atoms with Crippen LogP contribution in [0.15, 0.2) is 35.5 Å². The first-order valence-electron chi connectivity index (χ1n) is 6.29. The van der Waals surface area contributed by atoms with Gasteiger partial charge in [0.05, 0.1) is 0 Å². The molecule has 0 atom stereocenters. The van der Waals surface area contributed by atoms with Crippen LogP contribution in [-0.2, 0) is 6.54 Å². The summed E-state index contributed by atoms with van der Waals surface area (Å²) < 4.78 is 0. The fourth-order valence-corrected chi connectivity index (χ4v) is 1.75. The predicted octanol–water partition coefficient (Wildman–Crippen LogP) is 2.33. The second-order valence-electron chi connectivity index (χ2n) is 5.14. The molecule has 0 aromatic heterocycles. The smallest absolute Gasteiger partial charge is 0.144 e. The molecule has 0 aliphatic rings. The van der Waals surface area contributed by atoms with Gasteiger partial charge in [0.2, 0.25) is 0 Å². The van der Waals surface area contributed by atoms with Crippen molar-refractivity contribution in [2.45, 2.75) is 33.2 Å². The minimum atomic E-state index is -0.247. The third-order valence-electron chi connectivity index (χ3n) is 3.13. The molecule has 0 aliphatic heterocycles. The van der Waals surface area contributed by atoms with Gasteiger partial charge < -0.3 is 16.3 Å². The van der Waals surface area contributed by atoms with Gasteiger partial charge in [-0.2, -0.15) is 0 Å². The molecule has 4 nitrogen and oxygen atoms in total. The van der Waals surface area contributed by atoms with E-state index in [0.717, 1.165) is 25.9 Å². The van der Waals surface area contributed by atoms with E-state index in [4.69, 9.17) is 10.9 Å². The van der Waals surface area contributed by atoms with Gasteiger partial charge in [-0.15, -0.1) is 0 Å². The summed E-state index contributed by atoms with van der Waals surface area (Å²) in [6, 6.07) is 10.3. The van der Waals surface area contributed by atoms with Crippen molar-refractivity contribution >= 4 is 5.84 Å². The number of hydrogen-bond donors (Lipinski definition) is 3. The summed E-state index contributed by atoms with van der Waals surface area (Å²) in [6.07, 6.45) is 1.89. The molecule has 18 heavy (non-hydrogen) atoms. The minimum Gasteiger partial charge on any atom is -0.409 e. The van der Waals surface area contributed by atoms with Crippen LogP contribution in [0.3, 0.4) is 0 Å². The highest BCUT2D eigenvalue weighted by molar-refractivity contribution is 5.85. The molecule has 0 radical (unpaired) electrons. The van der Waals surface area contributed by atoms with Gasteiger partial charge in [-0.3, -0.25) is 0 Å². The van der Waals surface area contributed by atoms with Gasteiger partial charge in [-0.05, 0) is 24.9 Å². The van der Waals surface area contributed by atoms with Crippen LogP contribution in [0, 0.1) is 5.41 Å². The molecule has 0 fully saturated rings. The lowest BCUT2D eigenvalue weighted by Gasteiger charge is -2.22. The van der Waals surface area contributed by atoms with Crippen LogP contribution in [0.5, 0.6) is 0 Å². The number of hydrogen-bond acceptors (Lipinski definition) is 3. The van der Waals surface area contributed by atoms with Gasteiger partial charge in [0.15, 0.2) is 0 Å². The molecule has 1 aromatic rings. The average molecular weight is 249 g/mol. The third kappa shape index (κ3) is 4.75. The number of rotatable bonds is 7. The Labute approximate surface area is 109 Å². The van der Waals surface area contributed by atoms with Crippen molar-refractivity contribution in [1.82, 2.24) is 5.32 Å². The van der Waals surface area contributed by atoms with Crippen LogP contribution in [-0.4, -0.2) is 17.6 Å². The zero-order valence-electron chi connectivity index (χ0n) is 11.2. The van der Waals surface area contributed by atoms with Gasteiger partial charge in [0.1, 0.15) is 5.84 Å². The Bertz CT molecular complexity index is 374. The van der Waals surface area contributed by atoms with Crippen LogP contribution in [0.1, 0.15) is 32.3 Å². The number of nitrogens with one attached hydrogen (secondary N) is 1. The largest absolute Gasteiger partial charge is 0.409 e. The van der Waals surface area contributed by atoms with E-state index in [1.165, 1.54) is 5.56 Å². The summed E-state index contributed by atoms with van der Waals surface area (Å²) in [5.41, 5.74) is 6.67. The molecule has 1 aromatic carbocycles. The number of nitrogens with zero attached hydrogens (tertiary/aromatic N) is 1. The summed E-state index contributed by atoms with van der Waals surface area (Å²) in [7, 11) is 0. The Morgan fingerprint density at radius 3 is 2.61 bits per heavy atom. The minimum absolute atomic E-state index is 0.247. The van der Waals surface area contributed by atoms with Crippen molar-refractivity contribution in [1.29, 1.82) is 0 Å². The van der Waals surface area contributed by atoms with E-state index < -0.39 is 0 Å². The fraction of sp³-hybridized carbons (Fsp3) is 0.500. The van der Waals surface area contributed by atoms with E-state index in [-0.39, 0.29) is 5.41 Å². The molecule has 4 heteroatoms. The third-order valence-corrected chi connectivity index (χ3v) is 3.13. The Morgan fingerprint density at radius 1 is 1.33 bits per heavy atom. The second kappa shape index (κ2) is 7.01. The highest BCUT2D eigenvalue weighted by atomic mass is 16.4. The van der Waals surface area contributed by atoms with Crippen molar-refractivity contribution in [2.75, 3.05) is 6.54 Å². The van der Waals surface area contributed by atoms with Crippen molar-refractivity contribution in [3.8, 4) is 0 Å². The lowest BCUT2D eigenvalue weighted by atomic mass is 9.86. The van der Waals surface area contributed by atoms with Crippen LogP contribution < -0.4 is 11.1 Å². The van der Waals surface area contributed by atoms with Crippen LogP contribution in [0.2, 0.25) is 0 Å². The molecule has 4 N–H and O–H groups in total. The van der Waals surface area contributed by atoms with Crippen molar-refractivity contribution in [3.63, 3.8) is 0 Å². The summed E-state index contributed by atoms with van der Waals surface area (Å²) >= 11 is 0. The fourth-order valence-electron chi connectivity index (χ4n) is 1.75. The zero-order chi connectivity index (χ0) is 13.4. The van der Waals surface area contributed by atoms with E-state index in [1.54, 1.807) is 0 Å². The second-order valence-corrected chi connectivity index (χ2v) is 5.14. The maximum atomic E-state index is 8.67. The highest BCUT2D eigenvalue weighted by Gasteiger charge is 2.22. The lowest BCUT2D eigenvalue weighted by Crippen LogP contribution is -2.32. The Kier molecular flexibility index (Phi) is 5.65. The molecule has 0 bridgehead atoms. The molecule has 0 spiro atoms.